The van der Waals surface area contributed by atoms with Crippen LogP contribution in [0.25, 0.3) is 0 Å². The lowest BCUT2D eigenvalue weighted by Gasteiger charge is -2.17. The molecule has 0 saturated heterocycles. The molecule has 0 aliphatic heterocycles. The molecule has 0 spiro atoms. The average Bonchev–Trinajstić information content (AvgIpc) is 2.52. The minimum atomic E-state index is 0.465. The van der Waals surface area contributed by atoms with E-state index >= 15 is 0 Å². The number of hydrogen-bond acceptors (Lipinski definition) is 5. The first-order chi connectivity index (χ1) is 10.1. The van der Waals surface area contributed by atoms with Crippen molar-refractivity contribution < 1.29 is 0 Å². The summed E-state index contributed by atoms with van der Waals surface area (Å²) < 4.78 is 0. The van der Waals surface area contributed by atoms with Crippen LogP contribution in [0.5, 0.6) is 0 Å². The van der Waals surface area contributed by atoms with Gasteiger partial charge in [0.2, 0.25) is 5.95 Å². The SMILES string of the molecule is CC(C)NCc1cnc(N(C)CCc2ccncc2)nc1. The van der Waals surface area contributed by atoms with Gasteiger partial charge >= 0.3 is 0 Å². The van der Waals surface area contributed by atoms with Crippen molar-refractivity contribution in [3.8, 4) is 0 Å². The number of aromatic nitrogens is 3. The van der Waals surface area contributed by atoms with Gasteiger partial charge in [-0.15, -0.1) is 0 Å². The molecule has 2 aromatic rings. The van der Waals surface area contributed by atoms with Gasteiger partial charge in [-0.2, -0.15) is 0 Å². The molecule has 0 aliphatic carbocycles. The Labute approximate surface area is 126 Å². The van der Waals surface area contributed by atoms with Gasteiger partial charge in [-0.05, 0) is 24.1 Å². The van der Waals surface area contributed by atoms with Crippen molar-refractivity contribution in [2.24, 2.45) is 0 Å². The van der Waals surface area contributed by atoms with E-state index in [2.05, 4.69) is 39.0 Å². The number of nitrogens with zero attached hydrogens (tertiary/aromatic N) is 4. The lowest BCUT2D eigenvalue weighted by molar-refractivity contribution is 0.586. The molecule has 0 amide bonds. The molecule has 5 nitrogen and oxygen atoms in total. The van der Waals surface area contributed by atoms with Crippen LogP contribution in [-0.2, 0) is 13.0 Å². The normalized spacial score (nSPS) is 10.9. The Bertz CT molecular complexity index is 524. The highest BCUT2D eigenvalue weighted by Gasteiger charge is 2.05. The Balaban J connectivity index is 1.86. The van der Waals surface area contributed by atoms with Gasteiger partial charge < -0.3 is 10.2 Å². The van der Waals surface area contributed by atoms with Crippen LogP contribution in [0.15, 0.2) is 36.9 Å². The Morgan fingerprint density at radius 1 is 1.10 bits per heavy atom. The molecule has 2 rings (SSSR count). The largest absolute Gasteiger partial charge is 0.344 e. The van der Waals surface area contributed by atoms with E-state index in [9.17, 15) is 0 Å². The second-order valence-corrected chi connectivity index (χ2v) is 5.45. The first-order valence-electron chi connectivity index (χ1n) is 7.29. The smallest absolute Gasteiger partial charge is 0.225 e. The van der Waals surface area contributed by atoms with Crippen molar-refractivity contribution in [2.75, 3.05) is 18.5 Å². The zero-order chi connectivity index (χ0) is 15.1. The highest BCUT2D eigenvalue weighted by atomic mass is 15.2. The van der Waals surface area contributed by atoms with E-state index < -0.39 is 0 Å². The lowest BCUT2D eigenvalue weighted by atomic mass is 10.2. The quantitative estimate of drug-likeness (QED) is 0.844. The maximum atomic E-state index is 4.43. The van der Waals surface area contributed by atoms with E-state index in [-0.39, 0.29) is 0 Å². The van der Waals surface area contributed by atoms with Crippen molar-refractivity contribution >= 4 is 5.95 Å². The lowest BCUT2D eigenvalue weighted by Crippen LogP contribution is -2.24. The second-order valence-electron chi connectivity index (χ2n) is 5.45. The molecule has 0 atom stereocenters. The average molecular weight is 285 g/mol. The van der Waals surface area contributed by atoms with Crippen molar-refractivity contribution in [1.29, 1.82) is 0 Å². The van der Waals surface area contributed by atoms with Crippen LogP contribution in [0.3, 0.4) is 0 Å². The fraction of sp³-hybridized carbons (Fsp3) is 0.438. The van der Waals surface area contributed by atoms with Crippen LogP contribution in [-0.4, -0.2) is 34.6 Å². The van der Waals surface area contributed by atoms with Crippen molar-refractivity contribution in [2.45, 2.75) is 32.9 Å². The third-order valence-corrected chi connectivity index (χ3v) is 3.23. The molecule has 0 radical (unpaired) electrons. The Hall–Kier alpha value is -2.01. The Morgan fingerprint density at radius 3 is 2.38 bits per heavy atom. The zero-order valence-electron chi connectivity index (χ0n) is 13.0. The summed E-state index contributed by atoms with van der Waals surface area (Å²) in [4.78, 5) is 15.0. The highest BCUT2D eigenvalue weighted by molar-refractivity contribution is 5.29. The molecule has 0 saturated carbocycles. The standard InChI is InChI=1S/C16H23N5/c1-13(2)18-10-15-11-19-16(20-12-15)21(3)9-6-14-4-7-17-8-5-14/h4-5,7-8,11-13,18H,6,9-10H2,1-3H3. The summed E-state index contributed by atoms with van der Waals surface area (Å²) in [6.07, 6.45) is 8.38. The number of nitrogens with one attached hydrogen (secondary N) is 1. The van der Waals surface area contributed by atoms with Crippen molar-refractivity contribution in [1.82, 2.24) is 20.3 Å². The first-order valence-corrected chi connectivity index (χ1v) is 7.29. The number of hydrogen-bond donors (Lipinski definition) is 1. The van der Waals surface area contributed by atoms with Crippen molar-refractivity contribution in [3.05, 3.63) is 48.0 Å². The third-order valence-electron chi connectivity index (χ3n) is 3.23. The van der Waals surface area contributed by atoms with Crippen LogP contribution >= 0.6 is 0 Å². The van der Waals surface area contributed by atoms with Gasteiger partial charge in [0.05, 0.1) is 0 Å². The molecular formula is C16H23N5. The summed E-state index contributed by atoms with van der Waals surface area (Å²) in [6.45, 7) is 5.94. The molecule has 21 heavy (non-hydrogen) atoms. The molecule has 1 N–H and O–H groups in total. The Kier molecular flexibility index (Phi) is 5.63. The molecule has 0 aliphatic rings. The van der Waals surface area contributed by atoms with Crippen molar-refractivity contribution in [3.63, 3.8) is 0 Å². The number of anilines is 1. The molecule has 112 valence electrons. The summed E-state index contributed by atoms with van der Waals surface area (Å²) >= 11 is 0. The minimum absolute atomic E-state index is 0.465. The predicted molar refractivity (Wildman–Crippen MR) is 85.2 cm³/mol. The molecule has 2 aromatic heterocycles. The third kappa shape index (κ3) is 5.11. The van der Waals surface area contributed by atoms with Crippen LogP contribution in [0.2, 0.25) is 0 Å². The van der Waals surface area contributed by atoms with E-state index in [4.69, 9.17) is 0 Å². The summed E-state index contributed by atoms with van der Waals surface area (Å²) in [7, 11) is 2.02. The van der Waals surface area contributed by atoms with E-state index in [0.717, 1.165) is 31.0 Å². The summed E-state index contributed by atoms with van der Waals surface area (Å²) in [6, 6.07) is 4.54. The summed E-state index contributed by atoms with van der Waals surface area (Å²) in [5, 5.41) is 3.36. The summed E-state index contributed by atoms with van der Waals surface area (Å²) in [5.74, 6) is 0.761. The zero-order valence-corrected chi connectivity index (χ0v) is 13.0. The molecule has 0 unspecified atom stereocenters. The van der Waals surface area contributed by atoms with Gasteiger partial charge in [0, 0.05) is 56.5 Å². The van der Waals surface area contributed by atoms with Crippen LogP contribution in [0.4, 0.5) is 5.95 Å². The summed E-state index contributed by atoms with van der Waals surface area (Å²) in [5.41, 5.74) is 2.38. The molecule has 0 fully saturated rings. The van der Waals surface area contributed by atoms with Crippen LogP contribution in [0, 0.1) is 0 Å². The maximum Gasteiger partial charge on any atom is 0.225 e. The monoisotopic (exact) mass is 285 g/mol. The Morgan fingerprint density at radius 2 is 1.76 bits per heavy atom. The fourth-order valence-corrected chi connectivity index (χ4v) is 1.90. The maximum absolute atomic E-state index is 4.43. The minimum Gasteiger partial charge on any atom is -0.344 e. The number of pyridine rings is 1. The number of likely N-dealkylation sites (N-methyl/N-ethyl adjacent to an activating group) is 1. The van der Waals surface area contributed by atoms with Gasteiger partial charge in [0.25, 0.3) is 0 Å². The van der Waals surface area contributed by atoms with E-state index in [1.54, 1.807) is 0 Å². The predicted octanol–water partition coefficient (Wildman–Crippen LogP) is 2.05. The molecule has 5 heteroatoms. The number of rotatable bonds is 7. The van der Waals surface area contributed by atoms with E-state index in [1.165, 1.54) is 5.56 Å². The highest BCUT2D eigenvalue weighted by Crippen LogP contribution is 2.07. The molecular weight excluding hydrogens is 262 g/mol. The van der Waals surface area contributed by atoms with Gasteiger partial charge in [-0.25, -0.2) is 9.97 Å². The van der Waals surface area contributed by atoms with Gasteiger partial charge in [-0.3, -0.25) is 4.98 Å². The molecule has 2 heterocycles. The van der Waals surface area contributed by atoms with Crippen LogP contribution in [0.1, 0.15) is 25.0 Å². The first kappa shape index (κ1) is 15.4. The molecule has 0 aromatic carbocycles. The second kappa shape index (κ2) is 7.69. The fourth-order valence-electron chi connectivity index (χ4n) is 1.90. The van der Waals surface area contributed by atoms with E-state index in [1.807, 2.05) is 44.0 Å². The van der Waals surface area contributed by atoms with Gasteiger partial charge in [-0.1, -0.05) is 13.8 Å². The van der Waals surface area contributed by atoms with E-state index in [0.29, 0.717) is 6.04 Å². The van der Waals surface area contributed by atoms with Gasteiger partial charge in [0.15, 0.2) is 0 Å². The topological polar surface area (TPSA) is 53.9 Å². The molecule has 0 bridgehead atoms. The van der Waals surface area contributed by atoms with Gasteiger partial charge in [0.1, 0.15) is 0 Å². The van der Waals surface area contributed by atoms with Crippen LogP contribution < -0.4 is 10.2 Å².